The number of amides is 1. The first-order valence-electron chi connectivity index (χ1n) is 6.57. The maximum Gasteiger partial charge on any atom is 0.228 e. The Balaban J connectivity index is 2.05. The summed E-state index contributed by atoms with van der Waals surface area (Å²) in [6, 6.07) is 0. The highest BCUT2D eigenvalue weighted by Gasteiger charge is 2.40. The van der Waals surface area contributed by atoms with Crippen molar-refractivity contribution in [3.63, 3.8) is 0 Å². The molecule has 0 bridgehead atoms. The first-order chi connectivity index (χ1) is 8.43. The second kappa shape index (κ2) is 5.47. The van der Waals surface area contributed by atoms with Crippen LogP contribution in [-0.2, 0) is 14.3 Å². The number of rotatable bonds is 2. The number of nitrogens with zero attached hydrogens (tertiary/aromatic N) is 1. The molecule has 0 aliphatic carbocycles. The Bertz CT molecular complexity index is 321. The zero-order chi connectivity index (χ0) is 13.3. The van der Waals surface area contributed by atoms with Crippen LogP contribution >= 0.6 is 15.9 Å². The Morgan fingerprint density at radius 3 is 2.78 bits per heavy atom. The van der Waals surface area contributed by atoms with Crippen LogP contribution in [0, 0.1) is 5.92 Å². The molecule has 2 heterocycles. The lowest BCUT2D eigenvalue weighted by molar-refractivity contribution is -0.161. The third kappa shape index (κ3) is 3.06. The lowest BCUT2D eigenvalue weighted by Gasteiger charge is -2.43. The van der Waals surface area contributed by atoms with Gasteiger partial charge in [-0.1, -0.05) is 15.9 Å². The summed E-state index contributed by atoms with van der Waals surface area (Å²) in [4.78, 5) is 14.5. The molecule has 3 atom stereocenters. The Morgan fingerprint density at radius 1 is 1.50 bits per heavy atom. The van der Waals surface area contributed by atoms with Gasteiger partial charge in [0, 0.05) is 25.0 Å². The number of carbonyl (C=O) groups excluding carboxylic acids is 1. The normalized spacial score (nSPS) is 35.8. The van der Waals surface area contributed by atoms with E-state index in [0.717, 1.165) is 11.8 Å². The van der Waals surface area contributed by atoms with E-state index >= 15 is 0 Å². The van der Waals surface area contributed by atoms with E-state index in [-0.39, 0.29) is 29.6 Å². The molecule has 0 radical (unpaired) electrons. The molecule has 0 aromatic heterocycles. The zero-order valence-electron chi connectivity index (χ0n) is 11.3. The molecule has 2 aliphatic heterocycles. The first-order valence-corrected chi connectivity index (χ1v) is 7.69. The Labute approximate surface area is 117 Å². The number of hydrogen-bond donors (Lipinski definition) is 0. The molecule has 2 fully saturated rings. The number of alkyl halides is 1. The van der Waals surface area contributed by atoms with Gasteiger partial charge in [-0.2, -0.15) is 0 Å². The van der Waals surface area contributed by atoms with Crippen LogP contribution < -0.4 is 0 Å². The molecule has 2 aliphatic rings. The van der Waals surface area contributed by atoms with E-state index in [9.17, 15) is 4.79 Å². The summed E-state index contributed by atoms with van der Waals surface area (Å²) in [5, 5.41) is 0.761. The average molecular weight is 320 g/mol. The lowest BCUT2D eigenvalue weighted by atomic mass is 9.98. The standard InChI is InChI=1S/C13H22BrNO3/c1-9-11(4-5-17-9)12(16)15-7-10(6-14)18-13(2,3)8-15/h9-11H,4-8H2,1-3H3. The first kappa shape index (κ1) is 14.3. The SMILES string of the molecule is CC1OCCC1C(=O)N1CC(CBr)OC(C)(C)C1. The Hall–Kier alpha value is -0.130. The summed E-state index contributed by atoms with van der Waals surface area (Å²) >= 11 is 3.45. The smallest absolute Gasteiger partial charge is 0.228 e. The Morgan fingerprint density at radius 2 is 2.22 bits per heavy atom. The van der Waals surface area contributed by atoms with Crippen molar-refractivity contribution in [2.75, 3.05) is 25.0 Å². The minimum Gasteiger partial charge on any atom is -0.378 e. The molecule has 104 valence electrons. The fourth-order valence-corrected chi connectivity index (χ4v) is 3.17. The fraction of sp³-hybridized carbons (Fsp3) is 0.923. The van der Waals surface area contributed by atoms with Crippen molar-refractivity contribution in [3.8, 4) is 0 Å². The summed E-state index contributed by atoms with van der Waals surface area (Å²) in [7, 11) is 0. The number of hydrogen-bond acceptors (Lipinski definition) is 3. The monoisotopic (exact) mass is 319 g/mol. The largest absolute Gasteiger partial charge is 0.378 e. The highest BCUT2D eigenvalue weighted by molar-refractivity contribution is 9.09. The van der Waals surface area contributed by atoms with Crippen LogP contribution in [0.15, 0.2) is 0 Å². The molecule has 3 unspecified atom stereocenters. The number of morpholine rings is 1. The molecule has 0 spiro atoms. The van der Waals surface area contributed by atoms with Gasteiger partial charge in [0.25, 0.3) is 0 Å². The molecule has 1 amide bonds. The number of ether oxygens (including phenoxy) is 2. The van der Waals surface area contributed by atoms with E-state index in [2.05, 4.69) is 15.9 Å². The van der Waals surface area contributed by atoms with Crippen LogP contribution in [0.25, 0.3) is 0 Å². The van der Waals surface area contributed by atoms with Crippen molar-refractivity contribution in [1.29, 1.82) is 0 Å². The van der Waals surface area contributed by atoms with Crippen molar-refractivity contribution in [2.45, 2.75) is 45.0 Å². The highest BCUT2D eigenvalue weighted by Crippen LogP contribution is 2.27. The van der Waals surface area contributed by atoms with Gasteiger partial charge in [0.2, 0.25) is 5.91 Å². The van der Waals surface area contributed by atoms with Crippen LogP contribution in [0.2, 0.25) is 0 Å². The van der Waals surface area contributed by atoms with Crippen LogP contribution in [0.4, 0.5) is 0 Å². The second-order valence-corrected chi connectivity index (χ2v) is 6.49. The summed E-state index contributed by atoms with van der Waals surface area (Å²) in [6.45, 7) is 8.11. The number of carbonyl (C=O) groups is 1. The zero-order valence-corrected chi connectivity index (χ0v) is 12.9. The molecule has 0 saturated carbocycles. The highest BCUT2D eigenvalue weighted by atomic mass is 79.9. The second-order valence-electron chi connectivity index (χ2n) is 5.84. The molecule has 5 heteroatoms. The summed E-state index contributed by atoms with van der Waals surface area (Å²) < 4.78 is 11.4. The fourth-order valence-electron chi connectivity index (χ4n) is 2.83. The van der Waals surface area contributed by atoms with E-state index in [0.29, 0.717) is 19.7 Å². The van der Waals surface area contributed by atoms with Crippen LogP contribution in [-0.4, -0.2) is 53.6 Å². The quantitative estimate of drug-likeness (QED) is 0.729. The van der Waals surface area contributed by atoms with Crippen molar-refractivity contribution in [2.24, 2.45) is 5.92 Å². The van der Waals surface area contributed by atoms with Gasteiger partial charge in [-0.05, 0) is 27.2 Å². The van der Waals surface area contributed by atoms with Gasteiger partial charge < -0.3 is 14.4 Å². The molecular weight excluding hydrogens is 298 g/mol. The molecule has 2 rings (SSSR count). The van der Waals surface area contributed by atoms with E-state index in [1.54, 1.807) is 0 Å². The van der Waals surface area contributed by atoms with Crippen LogP contribution in [0.1, 0.15) is 27.2 Å². The van der Waals surface area contributed by atoms with E-state index in [1.807, 2.05) is 25.7 Å². The third-order valence-electron chi connectivity index (χ3n) is 3.66. The minimum atomic E-state index is -0.269. The average Bonchev–Trinajstić information content (AvgIpc) is 2.72. The molecule has 0 aromatic rings. The van der Waals surface area contributed by atoms with Crippen molar-refractivity contribution in [3.05, 3.63) is 0 Å². The van der Waals surface area contributed by atoms with Crippen LogP contribution in [0.5, 0.6) is 0 Å². The van der Waals surface area contributed by atoms with Gasteiger partial charge in [-0.25, -0.2) is 0 Å². The van der Waals surface area contributed by atoms with Crippen molar-refractivity contribution in [1.82, 2.24) is 4.90 Å². The summed E-state index contributed by atoms with van der Waals surface area (Å²) in [5.41, 5.74) is -0.269. The molecule has 0 N–H and O–H groups in total. The number of halogens is 1. The summed E-state index contributed by atoms with van der Waals surface area (Å²) in [6.07, 6.45) is 0.970. The van der Waals surface area contributed by atoms with Gasteiger partial charge in [0.05, 0.1) is 23.7 Å². The van der Waals surface area contributed by atoms with E-state index in [1.165, 1.54) is 0 Å². The minimum absolute atomic E-state index is 0.0230. The molecule has 4 nitrogen and oxygen atoms in total. The predicted molar refractivity (Wildman–Crippen MR) is 72.8 cm³/mol. The Kier molecular flexibility index (Phi) is 4.34. The van der Waals surface area contributed by atoms with Crippen LogP contribution in [0.3, 0.4) is 0 Å². The molecule has 18 heavy (non-hydrogen) atoms. The maximum atomic E-state index is 12.5. The van der Waals surface area contributed by atoms with Gasteiger partial charge in [0.15, 0.2) is 0 Å². The van der Waals surface area contributed by atoms with E-state index in [4.69, 9.17) is 9.47 Å². The topological polar surface area (TPSA) is 38.8 Å². The van der Waals surface area contributed by atoms with Gasteiger partial charge in [-0.15, -0.1) is 0 Å². The van der Waals surface area contributed by atoms with Crippen molar-refractivity contribution >= 4 is 21.8 Å². The molecule has 2 saturated heterocycles. The maximum absolute atomic E-state index is 12.5. The van der Waals surface area contributed by atoms with Gasteiger partial charge in [-0.3, -0.25) is 4.79 Å². The van der Waals surface area contributed by atoms with Crippen molar-refractivity contribution < 1.29 is 14.3 Å². The third-order valence-corrected chi connectivity index (χ3v) is 4.38. The predicted octanol–water partition coefficient (Wildman–Crippen LogP) is 1.81. The van der Waals surface area contributed by atoms with E-state index < -0.39 is 0 Å². The molecular formula is C13H22BrNO3. The van der Waals surface area contributed by atoms with Gasteiger partial charge >= 0.3 is 0 Å². The summed E-state index contributed by atoms with van der Waals surface area (Å²) in [5.74, 6) is 0.247. The molecule has 0 aromatic carbocycles. The lowest BCUT2D eigenvalue weighted by Crippen LogP contribution is -2.56. The van der Waals surface area contributed by atoms with Gasteiger partial charge in [0.1, 0.15) is 0 Å².